The molecule has 0 rings (SSSR count). The van der Waals surface area contributed by atoms with Crippen LogP contribution in [0.15, 0.2) is 0 Å². The topological polar surface area (TPSA) is 86.7 Å². The summed E-state index contributed by atoms with van der Waals surface area (Å²) in [6.45, 7) is -0.219. The monoisotopic (exact) mass is 402 g/mol. The standard InChI is InChI=1S/C6H12Br2O6S2/c1-15(9,10)13-3-5(7)6(8)4-14-16(2,11)12/h5-6H,3-4H2,1-2H3/t5-,6-/m0/s1. The molecule has 0 amide bonds. The van der Waals surface area contributed by atoms with Crippen LogP contribution in [0.4, 0.5) is 0 Å². The molecular weight excluding hydrogens is 392 g/mol. The van der Waals surface area contributed by atoms with Crippen LogP contribution in [-0.2, 0) is 28.6 Å². The maximum Gasteiger partial charge on any atom is 0.264 e. The summed E-state index contributed by atoms with van der Waals surface area (Å²) in [7, 11) is -7.01. The second-order valence-corrected chi connectivity index (χ2v) is 8.65. The van der Waals surface area contributed by atoms with Crippen LogP contribution in [0.5, 0.6) is 0 Å². The summed E-state index contributed by atoms with van der Waals surface area (Å²) < 4.78 is 51.8. The normalized spacial score (nSPS) is 17.0. The Morgan fingerprint density at radius 3 is 1.31 bits per heavy atom. The Balaban J connectivity index is 4.05. The molecule has 0 N–H and O–H groups in total. The van der Waals surface area contributed by atoms with Crippen molar-refractivity contribution >= 4 is 52.1 Å². The number of hydrogen-bond acceptors (Lipinski definition) is 6. The van der Waals surface area contributed by atoms with Gasteiger partial charge in [-0.05, 0) is 0 Å². The lowest BCUT2D eigenvalue weighted by atomic mass is 10.3. The third-order valence-electron chi connectivity index (χ3n) is 1.28. The smallest absolute Gasteiger partial charge is 0.264 e. The minimum Gasteiger partial charge on any atom is -0.269 e. The van der Waals surface area contributed by atoms with E-state index in [2.05, 4.69) is 40.2 Å². The Kier molecular flexibility index (Phi) is 6.97. The van der Waals surface area contributed by atoms with Gasteiger partial charge in [0, 0.05) is 0 Å². The highest BCUT2D eigenvalue weighted by atomic mass is 79.9. The average molecular weight is 404 g/mol. The number of rotatable bonds is 7. The van der Waals surface area contributed by atoms with Crippen LogP contribution in [0.25, 0.3) is 0 Å². The van der Waals surface area contributed by atoms with Gasteiger partial charge in [-0.15, -0.1) is 0 Å². The van der Waals surface area contributed by atoms with E-state index in [1.165, 1.54) is 0 Å². The van der Waals surface area contributed by atoms with Crippen LogP contribution in [0.2, 0.25) is 0 Å². The average Bonchev–Trinajstić information content (AvgIpc) is 2.07. The van der Waals surface area contributed by atoms with Crippen molar-refractivity contribution in [2.45, 2.75) is 9.65 Å². The zero-order chi connectivity index (χ0) is 13.0. The predicted octanol–water partition coefficient (Wildman–Crippen LogP) is 0.466. The molecule has 0 heterocycles. The molecule has 0 saturated carbocycles. The van der Waals surface area contributed by atoms with Crippen molar-refractivity contribution < 1.29 is 25.2 Å². The molecule has 0 aromatic rings. The maximum atomic E-state index is 10.7. The minimum absolute atomic E-state index is 0.109. The van der Waals surface area contributed by atoms with Crippen LogP contribution in [0.3, 0.4) is 0 Å². The Morgan fingerprint density at radius 2 is 1.12 bits per heavy atom. The van der Waals surface area contributed by atoms with Crippen molar-refractivity contribution in [2.24, 2.45) is 0 Å². The van der Waals surface area contributed by atoms with E-state index >= 15 is 0 Å². The summed E-state index contributed by atoms with van der Waals surface area (Å²) in [5.41, 5.74) is 0. The molecule has 0 spiro atoms. The van der Waals surface area contributed by atoms with E-state index in [0.717, 1.165) is 12.5 Å². The molecule has 0 bridgehead atoms. The van der Waals surface area contributed by atoms with Gasteiger partial charge in [-0.1, -0.05) is 31.9 Å². The summed E-state index contributed by atoms with van der Waals surface area (Å²) in [6.07, 6.45) is 1.87. The van der Waals surface area contributed by atoms with Crippen LogP contribution in [0.1, 0.15) is 0 Å². The van der Waals surface area contributed by atoms with Gasteiger partial charge in [0.25, 0.3) is 20.2 Å². The molecule has 0 saturated heterocycles. The molecule has 6 nitrogen and oxygen atoms in total. The zero-order valence-corrected chi connectivity index (χ0v) is 13.4. The van der Waals surface area contributed by atoms with Crippen molar-refractivity contribution in [2.75, 3.05) is 25.7 Å². The molecule has 2 atom stereocenters. The first-order valence-electron chi connectivity index (χ1n) is 3.98. The first-order chi connectivity index (χ1) is 7.01. The third kappa shape index (κ3) is 9.97. The van der Waals surface area contributed by atoms with Gasteiger partial charge in [-0.25, -0.2) is 0 Å². The quantitative estimate of drug-likeness (QED) is 0.453. The van der Waals surface area contributed by atoms with Crippen molar-refractivity contribution in [1.29, 1.82) is 0 Å². The largest absolute Gasteiger partial charge is 0.269 e. The summed E-state index contributed by atoms with van der Waals surface area (Å²) in [6, 6.07) is 0. The van der Waals surface area contributed by atoms with Gasteiger partial charge < -0.3 is 0 Å². The Labute approximate surface area is 112 Å². The maximum absolute atomic E-state index is 10.7. The van der Waals surface area contributed by atoms with Crippen molar-refractivity contribution in [1.82, 2.24) is 0 Å². The van der Waals surface area contributed by atoms with Gasteiger partial charge in [0.05, 0.1) is 35.4 Å². The van der Waals surface area contributed by atoms with Gasteiger partial charge in [0.15, 0.2) is 0 Å². The van der Waals surface area contributed by atoms with Crippen LogP contribution in [-0.4, -0.2) is 52.2 Å². The van der Waals surface area contributed by atoms with E-state index in [0.29, 0.717) is 0 Å². The van der Waals surface area contributed by atoms with E-state index < -0.39 is 20.2 Å². The Hall–Kier alpha value is 0.780. The van der Waals surface area contributed by atoms with Gasteiger partial charge in [-0.3, -0.25) is 8.37 Å². The Bertz CT molecular complexity index is 363. The van der Waals surface area contributed by atoms with Crippen molar-refractivity contribution in [3.8, 4) is 0 Å². The lowest BCUT2D eigenvalue weighted by molar-refractivity contribution is 0.287. The molecule has 10 heteroatoms. The third-order valence-corrected chi connectivity index (χ3v) is 4.92. The first-order valence-corrected chi connectivity index (χ1v) is 9.44. The molecule has 0 aliphatic carbocycles. The molecule has 98 valence electrons. The van der Waals surface area contributed by atoms with E-state index in [9.17, 15) is 16.8 Å². The van der Waals surface area contributed by atoms with E-state index in [1.54, 1.807) is 0 Å². The van der Waals surface area contributed by atoms with Gasteiger partial charge in [-0.2, -0.15) is 16.8 Å². The molecule has 0 fully saturated rings. The van der Waals surface area contributed by atoms with E-state index in [-0.39, 0.29) is 22.9 Å². The van der Waals surface area contributed by atoms with E-state index in [4.69, 9.17) is 0 Å². The van der Waals surface area contributed by atoms with Crippen LogP contribution >= 0.6 is 31.9 Å². The fourth-order valence-electron chi connectivity index (χ4n) is 0.586. The minimum atomic E-state index is -3.51. The highest BCUT2D eigenvalue weighted by molar-refractivity contribution is 9.12. The predicted molar refractivity (Wildman–Crippen MR) is 67.0 cm³/mol. The van der Waals surface area contributed by atoms with Gasteiger partial charge in [0.2, 0.25) is 0 Å². The number of alkyl halides is 2. The molecular formula is C6H12Br2O6S2. The summed E-state index contributed by atoms with van der Waals surface area (Å²) >= 11 is 6.31. The van der Waals surface area contributed by atoms with Crippen molar-refractivity contribution in [3.63, 3.8) is 0 Å². The number of halogens is 2. The number of hydrogen-bond donors (Lipinski definition) is 0. The van der Waals surface area contributed by atoms with Gasteiger partial charge in [0.1, 0.15) is 0 Å². The molecule has 0 radical (unpaired) electrons. The lowest BCUT2D eigenvalue weighted by Crippen LogP contribution is -2.27. The highest BCUT2D eigenvalue weighted by Gasteiger charge is 2.20. The van der Waals surface area contributed by atoms with Crippen LogP contribution in [0, 0.1) is 0 Å². The first kappa shape index (κ1) is 16.8. The summed E-state index contributed by atoms with van der Waals surface area (Å²) in [5.74, 6) is 0. The zero-order valence-electron chi connectivity index (χ0n) is 8.59. The second kappa shape index (κ2) is 6.64. The summed E-state index contributed by atoms with van der Waals surface area (Å²) in [5, 5.41) is 0. The fourth-order valence-corrected chi connectivity index (χ4v) is 2.29. The molecule has 16 heavy (non-hydrogen) atoms. The van der Waals surface area contributed by atoms with Crippen molar-refractivity contribution in [3.05, 3.63) is 0 Å². The molecule has 0 aromatic heterocycles. The molecule has 0 aliphatic rings. The molecule has 0 unspecified atom stereocenters. The van der Waals surface area contributed by atoms with E-state index in [1.807, 2.05) is 0 Å². The molecule has 0 aliphatic heterocycles. The van der Waals surface area contributed by atoms with Gasteiger partial charge >= 0.3 is 0 Å². The fraction of sp³-hybridized carbons (Fsp3) is 1.00. The lowest BCUT2D eigenvalue weighted by Gasteiger charge is -2.15. The Morgan fingerprint density at radius 1 is 0.875 bits per heavy atom. The summed E-state index contributed by atoms with van der Waals surface area (Å²) in [4.78, 5) is -0.770. The molecule has 0 aromatic carbocycles. The SMILES string of the molecule is CS(=O)(=O)OC[C@H](Br)[C@@H](Br)COS(C)(=O)=O. The second-order valence-electron chi connectivity index (χ2n) is 3.01. The van der Waals surface area contributed by atoms with Crippen LogP contribution < -0.4 is 0 Å². The highest BCUT2D eigenvalue weighted by Crippen LogP contribution is 2.16.